The Morgan fingerprint density at radius 2 is 1.93 bits per heavy atom. The Morgan fingerprint density at radius 1 is 1.19 bits per heavy atom. The van der Waals surface area contributed by atoms with Gasteiger partial charge in [-0.25, -0.2) is 14.3 Å². The van der Waals surface area contributed by atoms with Gasteiger partial charge in [-0.05, 0) is 73.1 Å². The molecule has 0 aliphatic heterocycles. The second-order valence-corrected chi connectivity index (χ2v) is 9.62. The lowest BCUT2D eigenvalue weighted by Crippen LogP contribution is -2.31. The van der Waals surface area contributed by atoms with Gasteiger partial charge in [0.15, 0.2) is 18.4 Å². The van der Waals surface area contributed by atoms with E-state index in [4.69, 9.17) is 16.9 Å². The molecule has 43 heavy (non-hydrogen) atoms. The minimum atomic E-state index is -4.70. The van der Waals surface area contributed by atoms with E-state index in [1.165, 1.54) is 31.5 Å². The van der Waals surface area contributed by atoms with Crippen LogP contribution in [-0.4, -0.2) is 67.7 Å². The maximum Gasteiger partial charge on any atom is 0.453 e. The molecule has 12 nitrogen and oxygen atoms in total. The third-order valence-electron chi connectivity index (χ3n) is 6.33. The smallest absolute Gasteiger partial charge is 0.387 e. The first-order valence-corrected chi connectivity index (χ1v) is 13.3. The number of tetrazole rings is 1. The van der Waals surface area contributed by atoms with Gasteiger partial charge >= 0.3 is 6.18 Å². The van der Waals surface area contributed by atoms with E-state index in [9.17, 15) is 22.8 Å². The summed E-state index contributed by atoms with van der Waals surface area (Å²) in [4.78, 5) is 25.9. The SMILES string of the molecule is CNC1CCC1.CNc1c(C)cc(C#N)cc1C=O.O=Cc1cc(Cn2nnnc2C(F)(F)F)nn1-c1ncccc1Cl. The number of aryl methyl sites for hydroxylation is 1. The Kier molecular flexibility index (Phi) is 11.4. The van der Waals surface area contributed by atoms with Crippen molar-refractivity contribution in [2.24, 2.45) is 0 Å². The van der Waals surface area contributed by atoms with Crippen LogP contribution in [0.5, 0.6) is 0 Å². The van der Waals surface area contributed by atoms with Crippen molar-refractivity contribution in [2.45, 2.75) is 44.9 Å². The van der Waals surface area contributed by atoms with Gasteiger partial charge in [0.2, 0.25) is 0 Å². The van der Waals surface area contributed by atoms with Crippen molar-refractivity contribution >= 4 is 29.9 Å². The minimum Gasteiger partial charge on any atom is -0.387 e. The van der Waals surface area contributed by atoms with Crippen molar-refractivity contribution in [3.63, 3.8) is 0 Å². The van der Waals surface area contributed by atoms with Crippen LogP contribution in [0.15, 0.2) is 36.5 Å². The van der Waals surface area contributed by atoms with Crippen LogP contribution in [0.3, 0.4) is 0 Å². The van der Waals surface area contributed by atoms with Crippen molar-refractivity contribution in [3.8, 4) is 11.9 Å². The number of halogens is 4. The quantitative estimate of drug-likeness (QED) is 0.287. The molecule has 0 atom stereocenters. The van der Waals surface area contributed by atoms with Gasteiger partial charge in [0.05, 0.1) is 28.9 Å². The molecule has 1 saturated carbocycles. The van der Waals surface area contributed by atoms with E-state index in [1.54, 1.807) is 31.3 Å². The number of nitrogens with zero attached hydrogens (tertiary/aromatic N) is 8. The summed E-state index contributed by atoms with van der Waals surface area (Å²) in [5.41, 5.74) is 2.94. The third kappa shape index (κ3) is 8.43. The number of hydrogen-bond acceptors (Lipinski definition) is 10. The predicted molar refractivity (Wildman–Crippen MR) is 151 cm³/mol. The van der Waals surface area contributed by atoms with E-state index < -0.39 is 12.0 Å². The number of carbonyl (C=O) groups is 2. The van der Waals surface area contributed by atoms with E-state index in [-0.39, 0.29) is 28.8 Å². The van der Waals surface area contributed by atoms with Crippen molar-refractivity contribution in [3.05, 3.63) is 75.5 Å². The zero-order valence-corrected chi connectivity index (χ0v) is 24.2. The summed E-state index contributed by atoms with van der Waals surface area (Å²) >= 11 is 6.00. The van der Waals surface area contributed by atoms with Crippen molar-refractivity contribution in [1.82, 2.24) is 40.3 Å². The lowest BCUT2D eigenvalue weighted by molar-refractivity contribution is -0.147. The van der Waals surface area contributed by atoms with E-state index in [0.717, 1.165) is 28.3 Å². The fraction of sp³-hybridized carbons (Fsp3) is 0.333. The maximum atomic E-state index is 12.8. The molecule has 3 aromatic heterocycles. The fourth-order valence-corrected chi connectivity index (χ4v) is 4.19. The molecule has 4 aromatic rings. The van der Waals surface area contributed by atoms with Gasteiger partial charge in [0.1, 0.15) is 5.69 Å². The number of aromatic nitrogens is 7. The first kappa shape index (κ1) is 32.8. The van der Waals surface area contributed by atoms with Crippen LogP contribution in [0, 0.1) is 18.3 Å². The lowest BCUT2D eigenvalue weighted by Gasteiger charge is -2.23. The summed E-state index contributed by atoms with van der Waals surface area (Å²) in [6, 6.07) is 10.6. The molecule has 226 valence electrons. The van der Waals surface area contributed by atoms with Gasteiger partial charge in [0.25, 0.3) is 5.82 Å². The Hall–Kier alpha value is -4.68. The molecule has 0 saturated heterocycles. The number of hydrogen-bond donors (Lipinski definition) is 2. The zero-order valence-electron chi connectivity index (χ0n) is 23.4. The monoisotopic (exact) mass is 616 g/mol. The zero-order chi connectivity index (χ0) is 31.6. The molecule has 16 heteroatoms. The largest absolute Gasteiger partial charge is 0.453 e. The van der Waals surface area contributed by atoms with Gasteiger partial charge in [0, 0.05) is 30.5 Å². The molecule has 1 fully saturated rings. The van der Waals surface area contributed by atoms with E-state index in [0.29, 0.717) is 22.1 Å². The fourth-order valence-electron chi connectivity index (χ4n) is 3.99. The molecule has 5 rings (SSSR count). The van der Waals surface area contributed by atoms with Gasteiger partial charge in [-0.1, -0.05) is 18.0 Å². The standard InChI is InChI=1S/C12H7ClF3N7O.C10H10N2O.C5H11N/c13-9-2-1-3-17-10(9)23-8(6-24)4-7(19-23)5-22-11(12(14,15)16)18-20-21-22;1-7-3-8(5-11)4-9(6-13)10(7)12-2;1-6-5-3-2-4-5/h1-4,6H,5H2;3-4,6,12H,1-2H3;5-6H,2-4H2,1H3. The summed E-state index contributed by atoms with van der Waals surface area (Å²) in [6.45, 7) is 1.49. The Labute approximate surface area is 249 Å². The van der Waals surface area contributed by atoms with Crippen molar-refractivity contribution in [2.75, 3.05) is 19.4 Å². The molecule has 1 aliphatic rings. The normalized spacial score (nSPS) is 12.5. The number of nitriles is 1. The first-order chi connectivity index (χ1) is 20.6. The van der Waals surface area contributed by atoms with E-state index in [2.05, 4.69) is 36.2 Å². The average Bonchev–Trinajstić information content (AvgIpc) is 3.60. The molecular weight excluding hydrogens is 589 g/mol. The second kappa shape index (κ2) is 15.0. The topological polar surface area (TPSA) is 156 Å². The lowest BCUT2D eigenvalue weighted by atomic mass is 9.94. The molecule has 0 spiro atoms. The Bertz CT molecular complexity index is 1590. The minimum absolute atomic E-state index is 0.0761. The van der Waals surface area contributed by atoms with E-state index in [1.807, 2.05) is 20.0 Å². The summed E-state index contributed by atoms with van der Waals surface area (Å²) in [7, 11) is 3.78. The molecule has 3 heterocycles. The molecule has 0 unspecified atom stereocenters. The molecule has 2 N–H and O–H groups in total. The summed E-state index contributed by atoms with van der Waals surface area (Å²) in [5, 5.41) is 28.3. The van der Waals surface area contributed by atoms with Crippen LogP contribution in [0.2, 0.25) is 5.02 Å². The van der Waals surface area contributed by atoms with Crippen LogP contribution in [-0.2, 0) is 12.7 Å². The number of pyridine rings is 1. The highest BCUT2D eigenvalue weighted by Gasteiger charge is 2.38. The van der Waals surface area contributed by atoms with Crippen LogP contribution in [0.25, 0.3) is 5.82 Å². The van der Waals surface area contributed by atoms with Crippen molar-refractivity contribution < 1.29 is 22.8 Å². The van der Waals surface area contributed by atoms with Crippen LogP contribution >= 0.6 is 11.6 Å². The van der Waals surface area contributed by atoms with Gasteiger partial charge < -0.3 is 10.6 Å². The summed E-state index contributed by atoms with van der Waals surface area (Å²) < 4.78 is 40.0. The highest BCUT2D eigenvalue weighted by molar-refractivity contribution is 6.32. The Balaban J connectivity index is 0.000000221. The van der Waals surface area contributed by atoms with Gasteiger partial charge in [-0.3, -0.25) is 9.59 Å². The highest BCUT2D eigenvalue weighted by Crippen LogP contribution is 2.27. The van der Waals surface area contributed by atoms with Gasteiger partial charge in [-0.15, -0.1) is 5.10 Å². The number of benzene rings is 1. The average molecular weight is 617 g/mol. The third-order valence-corrected chi connectivity index (χ3v) is 6.63. The van der Waals surface area contributed by atoms with Crippen LogP contribution in [0.4, 0.5) is 18.9 Å². The van der Waals surface area contributed by atoms with Crippen LogP contribution < -0.4 is 10.6 Å². The van der Waals surface area contributed by atoms with Crippen molar-refractivity contribution in [1.29, 1.82) is 5.26 Å². The summed E-state index contributed by atoms with van der Waals surface area (Å²) in [5.74, 6) is -1.08. The highest BCUT2D eigenvalue weighted by atomic mass is 35.5. The number of rotatable bonds is 7. The number of carbonyl (C=O) groups excluding carboxylic acids is 2. The Morgan fingerprint density at radius 3 is 2.44 bits per heavy atom. The number of aldehydes is 2. The maximum absolute atomic E-state index is 12.8. The van der Waals surface area contributed by atoms with Gasteiger partial charge in [-0.2, -0.15) is 23.5 Å². The molecule has 0 amide bonds. The van der Waals surface area contributed by atoms with Crippen LogP contribution in [0.1, 0.15) is 62.8 Å². The number of anilines is 1. The molecular formula is C27H28ClF3N10O2. The molecule has 0 radical (unpaired) electrons. The summed E-state index contributed by atoms with van der Waals surface area (Å²) in [6.07, 6.45) is 2.22. The number of alkyl halides is 3. The predicted octanol–water partition coefficient (Wildman–Crippen LogP) is 4.27. The first-order valence-electron chi connectivity index (χ1n) is 12.9. The van der Waals surface area contributed by atoms with E-state index >= 15 is 0 Å². The molecule has 1 aliphatic carbocycles. The number of nitrogens with one attached hydrogen (secondary N) is 2. The molecule has 1 aromatic carbocycles. The molecule has 0 bridgehead atoms. The second-order valence-electron chi connectivity index (χ2n) is 9.21.